The number of esters is 1. The van der Waals surface area contributed by atoms with E-state index in [1.807, 2.05) is 0 Å². The zero-order chi connectivity index (χ0) is 18.4. The van der Waals surface area contributed by atoms with Crippen molar-refractivity contribution in [3.8, 4) is 18.1 Å². The van der Waals surface area contributed by atoms with Gasteiger partial charge in [-0.2, -0.15) is 0 Å². The third-order valence-corrected chi connectivity index (χ3v) is 4.55. The number of carbonyl (C=O) groups excluding carboxylic acids is 3. The SMILES string of the molecule is C#CCN1C(=O)S/C(=C/c2ccc(OCC(=O)OCC)c(Br)c2)C1=O. The van der Waals surface area contributed by atoms with Gasteiger partial charge in [0.15, 0.2) is 6.61 Å². The molecule has 1 aliphatic rings. The minimum absolute atomic E-state index is 0.0493. The smallest absolute Gasteiger partial charge is 0.344 e. The summed E-state index contributed by atoms with van der Waals surface area (Å²) in [7, 11) is 0. The summed E-state index contributed by atoms with van der Waals surface area (Å²) in [5, 5.41) is -0.386. The molecule has 1 heterocycles. The number of carbonyl (C=O) groups is 3. The molecule has 1 aliphatic heterocycles. The Balaban J connectivity index is 2.10. The van der Waals surface area contributed by atoms with Crippen LogP contribution in [0.4, 0.5) is 4.79 Å². The van der Waals surface area contributed by atoms with Crippen molar-refractivity contribution in [2.45, 2.75) is 6.92 Å². The van der Waals surface area contributed by atoms with Crippen LogP contribution >= 0.6 is 27.7 Å². The Labute approximate surface area is 157 Å². The molecular weight excluding hydrogens is 410 g/mol. The first-order chi connectivity index (χ1) is 12.0. The molecule has 130 valence electrons. The zero-order valence-electron chi connectivity index (χ0n) is 13.3. The minimum Gasteiger partial charge on any atom is -0.481 e. The fourth-order valence-corrected chi connectivity index (χ4v) is 3.29. The monoisotopic (exact) mass is 423 g/mol. The summed E-state index contributed by atoms with van der Waals surface area (Å²) in [5.41, 5.74) is 0.696. The van der Waals surface area contributed by atoms with Crippen molar-refractivity contribution in [2.75, 3.05) is 19.8 Å². The summed E-state index contributed by atoms with van der Waals surface area (Å²) in [5.74, 6) is 1.88. The number of nitrogens with zero attached hydrogens (tertiary/aromatic N) is 1. The Bertz CT molecular complexity index is 784. The molecule has 1 aromatic carbocycles. The fourth-order valence-electron chi connectivity index (χ4n) is 1.94. The van der Waals surface area contributed by atoms with Crippen LogP contribution < -0.4 is 4.74 Å². The number of ether oxygens (including phenoxy) is 2. The summed E-state index contributed by atoms with van der Waals surface area (Å²) < 4.78 is 10.8. The molecule has 1 aromatic rings. The molecule has 0 saturated carbocycles. The molecule has 0 radical (unpaired) electrons. The van der Waals surface area contributed by atoms with Crippen LogP contribution in [0.15, 0.2) is 27.6 Å². The number of thioether (sulfide) groups is 1. The van der Waals surface area contributed by atoms with E-state index in [0.29, 0.717) is 20.7 Å². The van der Waals surface area contributed by atoms with Crippen LogP contribution in [0.2, 0.25) is 0 Å². The van der Waals surface area contributed by atoms with Crippen LogP contribution in [0.1, 0.15) is 12.5 Å². The van der Waals surface area contributed by atoms with E-state index < -0.39 is 11.9 Å². The molecule has 0 aromatic heterocycles. The molecule has 1 saturated heterocycles. The van der Waals surface area contributed by atoms with E-state index in [-0.39, 0.29) is 25.0 Å². The van der Waals surface area contributed by atoms with Crippen molar-refractivity contribution in [1.82, 2.24) is 4.90 Å². The highest BCUT2D eigenvalue weighted by Crippen LogP contribution is 2.33. The maximum absolute atomic E-state index is 12.1. The van der Waals surface area contributed by atoms with Crippen molar-refractivity contribution in [1.29, 1.82) is 0 Å². The van der Waals surface area contributed by atoms with E-state index in [1.54, 1.807) is 31.2 Å². The highest BCUT2D eigenvalue weighted by Gasteiger charge is 2.34. The molecule has 25 heavy (non-hydrogen) atoms. The molecule has 0 atom stereocenters. The van der Waals surface area contributed by atoms with Gasteiger partial charge in [-0.15, -0.1) is 6.42 Å². The number of benzene rings is 1. The van der Waals surface area contributed by atoms with Gasteiger partial charge in [-0.05, 0) is 58.4 Å². The molecule has 0 unspecified atom stereocenters. The topological polar surface area (TPSA) is 72.9 Å². The van der Waals surface area contributed by atoms with E-state index in [9.17, 15) is 14.4 Å². The lowest BCUT2D eigenvalue weighted by Gasteiger charge is -2.08. The number of amides is 2. The number of halogens is 1. The first-order valence-corrected chi connectivity index (χ1v) is 8.84. The van der Waals surface area contributed by atoms with Crippen molar-refractivity contribution >= 4 is 50.9 Å². The molecular formula is C17H14BrNO5S. The van der Waals surface area contributed by atoms with Crippen LogP contribution in [0.25, 0.3) is 6.08 Å². The second kappa shape index (κ2) is 8.74. The van der Waals surface area contributed by atoms with Crippen LogP contribution in [-0.2, 0) is 14.3 Å². The lowest BCUT2D eigenvalue weighted by molar-refractivity contribution is -0.145. The van der Waals surface area contributed by atoms with E-state index in [0.717, 1.165) is 16.7 Å². The number of hydrogen-bond acceptors (Lipinski definition) is 6. The predicted molar refractivity (Wildman–Crippen MR) is 97.8 cm³/mol. The van der Waals surface area contributed by atoms with Crippen molar-refractivity contribution in [2.24, 2.45) is 0 Å². The van der Waals surface area contributed by atoms with Crippen molar-refractivity contribution in [3.63, 3.8) is 0 Å². The Morgan fingerprint density at radius 2 is 2.20 bits per heavy atom. The molecule has 2 rings (SSSR count). The second-order valence-corrected chi connectivity index (χ2v) is 6.60. The van der Waals surface area contributed by atoms with E-state index >= 15 is 0 Å². The van der Waals surface area contributed by atoms with Gasteiger partial charge in [0.25, 0.3) is 11.1 Å². The number of terminal acetylenes is 1. The third-order valence-electron chi connectivity index (χ3n) is 3.03. The van der Waals surface area contributed by atoms with Gasteiger partial charge in [-0.1, -0.05) is 12.0 Å². The molecule has 0 bridgehead atoms. The summed E-state index contributed by atoms with van der Waals surface area (Å²) >= 11 is 4.19. The highest BCUT2D eigenvalue weighted by atomic mass is 79.9. The predicted octanol–water partition coefficient (Wildman–Crippen LogP) is 3.06. The third kappa shape index (κ3) is 4.87. The van der Waals surface area contributed by atoms with Crippen LogP contribution in [0.3, 0.4) is 0 Å². The second-order valence-electron chi connectivity index (χ2n) is 4.76. The van der Waals surface area contributed by atoms with E-state index in [4.69, 9.17) is 15.9 Å². The average Bonchev–Trinajstić information content (AvgIpc) is 2.82. The van der Waals surface area contributed by atoms with Gasteiger partial charge in [0.05, 0.1) is 22.5 Å². The van der Waals surface area contributed by atoms with E-state index in [2.05, 4.69) is 21.9 Å². The van der Waals surface area contributed by atoms with Gasteiger partial charge in [0.1, 0.15) is 5.75 Å². The number of imide groups is 1. The summed E-state index contributed by atoms with van der Waals surface area (Å²) in [6, 6.07) is 5.08. The summed E-state index contributed by atoms with van der Waals surface area (Å²) in [6.07, 6.45) is 6.76. The van der Waals surface area contributed by atoms with Crippen molar-refractivity contribution in [3.05, 3.63) is 33.1 Å². The molecule has 0 N–H and O–H groups in total. The Hall–Kier alpha value is -2.24. The quantitative estimate of drug-likeness (QED) is 0.397. The molecule has 1 fully saturated rings. The normalized spacial score (nSPS) is 15.4. The first-order valence-electron chi connectivity index (χ1n) is 7.23. The lowest BCUT2D eigenvalue weighted by atomic mass is 10.2. The highest BCUT2D eigenvalue weighted by molar-refractivity contribution is 9.10. The van der Waals surface area contributed by atoms with Gasteiger partial charge in [-0.25, -0.2) is 4.79 Å². The average molecular weight is 424 g/mol. The maximum Gasteiger partial charge on any atom is 0.344 e. The van der Waals surface area contributed by atoms with Crippen molar-refractivity contribution < 1.29 is 23.9 Å². The van der Waals surface area contributed by atoms with Gasteiger partial charge in [0.2, 0.25) is 0 Å². The van der Waals surface area contributed by atoms with Gasteiger partial charge >= 0.3 is 5.97 Å². The summed E-state index contributed by atoms with van der Waals surface area (Å²) in [6.45, 7) is 1.76. The number of rotatable bonds is 6. The van der Waals surface area contributed by atoms with E-state index in [1.165, 1.54) is 0 Å². The van der Waals surface area contributed by atoms with Gasteiger partial charge < -0.3 is 9.47 Å². The standard InChI is InChI=1S/C17H14BrNO5S/c1-3-7-19-16(21)14(25-17(19)22)9-11-5-6-13(12(18)8-11)24-10-15(20)23-4-2/h1,5-6,8-9H,4,7,10H2,2H3/b14-9+. The molecule has 8 heteroatoms. The minimum atomic E-state index is -0.458. The fraction of sp³-hybridized carbons (Fsp3) is 0.235. The van der Waals surface area contributed by atoms with Gasteiger partial charge in [-0.3, -0.25) is 14.5 Å². The Morgan fingerprint density at radius 3 is 2.84 bits per heavy atom. The Morgan fingerprint density at radius 1 is 1.44 bits per heavy atom. The van der Waals surface area contributed by atoms with Crippen LogP contribution in [0.5, 0.6) is 5.75 Å². The molecule has 0 aliphatic carbocycles. The first kappa shape index (κ1) is 19.1. The summed E-state index contributed by atoms with van der Waals surface area (Å²) in [4.78, 5) is 36.5. The largest absolute Gasteiger partial charge is 0.481 e. The molecule has 0 spiro atoms. The lowest BCUT2D eigenvalue weighted by Crippen LogP contribution is -2.28. The van der Waals surface area contributed by atoms with Gasteiger partial charge in [0, 0.05) is 0 Å². The van der Waals surface area contributed by atoms with Crippen LogP contribution in [0, 0.1) is 12.3 Å². The number of hydrogen-bond donors (Lipinski definition) is 0. The van der Waals surface area contributed by atoms with Crippen LogP contribution in [-0.4, -0.2) is 41.8 Å². The molecule has 2 amide bonds. The molecule has 6 nitrogen and oxygen atoms in total. The Kier molecular flexibility index (Phi) is 6.67. The maximum atomic E-state index is 12.1. The zero-order valence-corrected chi connectivity index (χ0v) is 15.7.